The van der Waals surface area contributed by atoms with Gasteiger partial charge in [0, 0.05) is 22.1 Å². The summed E-state index contributed by atoms with van der Waals surface area (Å²) in [6.07, 6.45) is 0. The van der Waals surface area contributed by atoms with Crippen LogP contribution in [0.1, 0.15) is 25.0 Å². The second-order valence-corrected chi connectivity index (χ2v) is 12.5. The van der Waals surface area contributed by atoms with Crippen LogP contribution < -0.4 is 9.47 Å². The van der Waals surface area contributed by atoms with E-state index < -0.39 is 0 Å². The molecule has 2 heterocycles. The highest BCUT2D eigenvalue weighted by Gasteiger charge is 2.37. The fraction of sp³-hybridized carbons (Fsp3) is 0.0714. The molecule has 47 heavy (non-hydrogen) atoms. The predicted molar refractivity (Wildman–Crippen MR) is 186 cm³/mol. The number of benzene rings is 6. The quantitative estimate of drug-likeness (QED) is 0.199. The first kappa shape index (κ1) is 27.3. The van der Waals surface area contributed by atoms with Gasteiger partial charge in [-0.15, -0.1) is 0 Å². The minimum Gasteiger partial charge on any atom is -0.449 e. The van der Waals surface area contributed by atoms with Gasteiger partial charge in [0.25, 0.3) is 0 Å². The van der Waals surface area contributed by atoms with E-state index in [1.165, 1.54) is 22.3 Å². The SMILES string of the molecule is CC1(C)c2ccccc2-c2cc3c(cc21)Oc1cc(-c2nc(-c4ccccc4)nc(-c4ccccc4-c4ccccc4)n2)ccc1O3. The summed E-state index contributed by atoms with van der Waals surface area (Å²) in [7, 11) is 0. The van der Waals surface area contributed by atoms with Crippen molar-refractivity contribution in [1.82, 2.24) is 15.0 Å². The van der Waals surface area contributed by atoms with E-state index in [9.17, 15) is 0 Å². The van der Waals surface area contributed by atoms with Crippen LogP contribution in [0, 0.1) is 0 Å². The molecule has 0 atom stereocenters. The lowest BCUT2D eigenvalue weighted by Gasteiger charge is -2.25. The summed E-state index contributed by atoms with van der Waals surface area (Å²) in [5.74, 6) is 4.45. The number of nitrogens with zero attached hydrogens (tertiary/aromatic N) is 3. The molecule has 0 bridgehead atoms. The molecule has 5 nitrogen and oxygen atoms in total. The average molecular weight is 608 g/mol. The van der Waals surface area contributed by atoms with Gasteiger partial charge in [-0.1, -0.05) is 123 Å². The highest BCUT2D eigenvalue weighted by molar-refractivity contribution is 5.84. The third-order valence-electron chi connectivity index (χ3n) is 9.21. The first-order valence-corrected chi connectivity index (χ1v) is 15.8. The van der Waals surface area contributed by atoms with Crippen LogP contribution in [-0.4, -0.2) is 15.0 Å². The van der Waals surface area contributed by atoms with Crippen LogP contribution in [0.2, 0.25) is 0 Å². The second-order valence-electron chi connectivity index (χ2n) is 12.5. The Morgan fingerprint density at radius 3 is 1.70 bits per heavy atom. The summed E-state index contributed by atoms with van der Waals surface area (Å²) in [5.41, 5.74) is 9.65. The molecule has 5 heteroatoms. The number of rotatable bonds is 4. The molecular formula is C42H29N3O2. The Hall–Kier alpha value is -6.07. The molecule has 0 saturated heterocycles. The molecule has 2 aliphatic rings. The van der Waals surface area contributed by atoms with Gasteiger partial charge in [0.1, 0.15) is 0 Å². The van der Waals surface area contributed by atoms with Gasteiger partial charge in [-0.05, 0) is 63.7 Å². The van der Waals surface area contributed by atoms with Crippen LogP contribution in [0.15, 0.2) is 140 Å². The molecule has 6 aromatic carbocycles. The summed E-state index contributed by atoms with van der Waals surface area (Å²) in [6, 6.07) is 47.3. The molecule has 224 valence electrons. The fourth-order valence-corrected chi connectivity index (χ4v) is 6.80. The molecule has 1 aliphatic heterocycles. The Morgan fingerprint density at radius 2 is 0.936 bits per heavy atom. The largest absolute Gasteiger partial charge is 0.449 e. The van der Waals surface area contributed by atoms with Crippen LogP contribution >= 0.6 is 0 Å². The van der Waals surface area contributed by atoms with E-state index in [-0.39, 0.29) is 5.41 Å². The molecule has 0 unspecified atom stereocenters. The number of ether oxygens (including phenoxy) is 2. The molecule has 7 aromatic rings. The van der Waals surface area contributed by atoms with E-state index >= 15 is 0 Å². The zero-order chi connectivity index (χ0) is 31.5. The van der Waals surface area contributed by atoms with Gasteiger partial charge >= 0.3 is 0 Å². The van der Waals surface area contributed by atoms with Gasteiger partial charge in [-0.2, -0.15) is 0 Å². The van der Waals surface area contributed by atoms with Gasteiger partial charge in [-0.3, -0.25) is 0 Å². The normalized spacial score (nSPS) is 13.4. The summed E-state index contributed by atoms with van der Waals surface area (Å²) >= 11 is 0. The number of aromatic nitrogens is 3. The second kappa shape index (κ2) is 10.5. The van der Waals surface area contributed by atoms with Crippen molar-refractivity contribution >= 4 is 0 Å². The molecule has 0 saturated carbocycles. The van der Waals surface area contributed by atoms with E-state index in [1.54, 1.807) is 0 Å². The van der Waals surface area contributed by atoms with E-state index in [2.05, 4.69) is 74.5 Å². The Balaban J connectivity index is 1.14. The fourth-order valence-electron chi connectivity index (χ4n) is 6.80. The molecule has 0 amide bonds. The number of hydrogen-bond acceptors (Lipinski definition) is 5. The van der Waals surface area contributed by atoms with Crippen molar-refractivity contribution in [3.63, 3.8) is 0 Å². The molecule has 9 rings (SSSR count). The maximum atomic E-state index is 6.57. The highest BCUT2D eigenvalue weighted by Crippen LogP contribution is 2.55. The van der Waals surface area contributed by atoms with Crippen LogP contribution in [0.25, 0.3) is 56.4 Å². The summed E-state index contributed by atoms with van der Waals surface area (Å²) in [6.45, 7) is 4.52. The molecule has 1 aromatic heterocycles. The van der Waals surface area contributed by atoms with Crippen molar-refractivity contribution < 1.29 is 9.47 Å². The maximum absolute atomic E-state index is 6.57. The van der Waals surface area contributed by atoms with Crippen molar-refractivity contribution in [2.75, 3.05) is 0 Å². The van der Waals surface area contributed by atoms with Crippen molar-refractivity contribution in [1.29, 1.82) is 0 Å². The van der Waals surface area contributed by atoms with Crippen LogP contribution in [0.3, 0.4) is 0 Å². The average Bonchev–Trinajstić information content (AvgIpc) is 3.35. The van der Waals surface area contributed by atoms with Crippen LogP contribution in [0.4, 0.5) is 0 Å². The van der Waals surface area contributed by atoms with E-state index in [1.807, 2.05) is 78.9 Å². The number of fused-ring (bicyclic) bond motifs is 5. The third kappa shape index (κ3) is 4.50. The molecule has 0 radical (unpaired) electrons. The molecule has 0 fully saturated rings. The van der Waals surface area contributed by atoms with E-state index in [4.69, 9.17) is 24.4 Å². The summed E-state index contributed by atoms with van der Waals surface area (Å²) < 4.78 is 13.0. The van der Waals surface area contributed by atoms with E-state index in [0.717, 1.165) is 27.8 Å². The smallest absolute Gasteiger partial charge is 0.170 e. The standard InChI is InChI=1S/C42H29N3O2/c1-42(2)33-20-12-11-18-30(33)32-24-37-38(25-34(32)42)47-36-23-28(21-22-35(36)46-37)40-43-39(27-15-7-4-8-16-27)44-41(45-40)31-19-10-9-17-29(31)26-13-5-3-6-14-26/h3-25H,1-2H3. The first-order valence-electron chi connectivity index (χ1n) is 15.8. The van der Waals surface area contributed by atoms with Crippen molar-refractivity contribution in [3.05, 3.63) is 151 Å². The maximum Gasteiger partial charge on any atom is 0.170 e. The monoisotopic (exact) mass is 607 g/mol. The van der Waals surface area contributed by atoms with Gasteiger partial charge in [-0.25, -0.2) is 15.0 Å². The lowest BCUT2D eigenvalue weighted by molar-refractivity contribution is 0.359. The molecule has 0 N–H and O–H groups in total. The predicted octanol–water partition coefficient (Wildman–Crippen LogP) is 10.7. The Morgan fingerprint density at radius 1 is 0.383 bits per heavy atom. The molecular weight excluding hydrogens is 578 g/mol. The minimum atomic E-state index is -0.141. The van der Waals surface area contributed by atoms with Crippen LogP contribution in [-0.2, 0) is 5.41 Å². The zero-order valence-electron chi connectivity index (χ0n) is 25.9. The van der Waals surface area contributed by atoms with Gasteiger partial charge in [0.2, 0.25) is 0 Å². The Kier molecular flexibility index (Phi) is 6.09. The first-order chi connectivity index (χ1) is 23.0. The lowest BCUT2D eigenvalue weighted by Crippen LogP contribution is -2.15. The Labute approximate surface area is 273 Å². The number of hydrogen-bond donors (Lipinski definition) is 0. The summed E-state index contributed by atoms with van der Waals surface area (Å²) in [4.78, 5) is 15.0. The topological polar surface area (TPSA) is 57.1 Å². The van der Waals surface area contributed by atoms with Crippen molar-refractivity contribution in [2.45, 2.75) is 19.3 Å². The van der Waals surface area contributed by atoms with Gasteiger partial charge in [0.15, 0.2) is 40.5 Å². The minimum absolute atomic E-state index is 0.141. The van der Waals surface area contributed by atoms with Gasteiger partial charge in [0.05, 0.1) is 0 Å². The summed E-state index contributed by atoms with van der Waals surface area (Å²) in [5, 5.41) is 0. The molecule has 0 spiro atoms. The third-order valence-corrected chi connectivity index (χ3v) is 9.21. The lowest BCUT2D eigenvalue weighted by atomic mass is 9.82. The Bertz CT molecular complexity index is 2330. The van der Waals surface area contributed by atoms with Crippen molar-refractivity contribution in [3.8, 4) is 79.4 Å². The molecule has 1 aliphatic carbocycles. The van der Waals surface area contributed by atoms with Crippen LogP contribution in [0.5, 0.6) is 23.0 Å². The van der Waals surface area contributed by atoms with Crippen molar-refractivity contribution in [2.24, 2.45) is 0 Å². The van der Waals surface area contributed by atoms with Gasteiger partial charge < -0.3 is 9.47 Å². The highest BCUT2D eigenvalue weighted by atomic mass is 16.6. The van der Waals surface area contributed by atoms with E-state index in [0.29, 0.717) is 40.5 Å². The zero-order valence-corrected chi connectivity index (χ0v) is 25.9.